The second-order valence-electron chi connectivity index (χ2n) is 25.9. The van der Waals surface area contributed by atoms with Gasteiger partial charge < -0.3 is 9.80 Å². The van der Waals surface area contributed by atoms with Crippen LogP contribution in [0.25, 0.3) is 33.4 Å². The maximum Gasteiger partial charge on any atom is 0.252 e. The Morgan fingerprint density at radius 2 is 0.889 bits per heavy atom. The molecule has 8 aromatic carbocycles. The Bertz CT molecular complexity index is 3370. The Labute approximate surface area is 432 Å². The normalized spacial score (nSPS) is 15.7. The molecular formula is C69H73BN2. The van der Waals surface area contributed by atoms with Gasteiger partial charge in [0.15, 0.2) is 0 Å². The van der Waals surface area contributed by atoms with Gasteiger partial charge in [-0.25, -0.2) is 0 Å². The van der Waals surface area contributed by atoms with Gasteiger partial charge in [-0.1, -0.05) is 187 Å². The molecule has 2 nitrogen and oxygen atoms in total. The predicted octanol–water partition coefficient (Wildman–Crippen LogP) is 17.3. The molecule has 0 radical (unpaired) electrons. The Morgan fingerprint density at radius 3 is 1.47 bits per heavy atom. The number of benzene rings is 8. The monoisotopic (exact) mass is 941 g/mol. The largest absolute Gasteiger partial charge is 0.311 e. The van der Waals surface area contributed by atoms with Crippen molar-refractivity contribution >= 4 is 57.2 Å². The second kappa shape index (κ2) is 16.7. The van der Waals surface area contributed by atoms with E-state index in [1.165, 1.54) is 117 Å². The maximum absolute atomic E-state index is 2.70. The molecule has 362 valence electrons. The minimum absolute atomic E-state index is 0.0120. The smallest absolute Gasteiger partial charge is 0.252 e. The van der Waals surface area contributed by atoms with Crippen LogP contribution in [0.15, 0.2) is 164 Å². The van der Waals surface area contributed by atoms with Crippen molar-refractivity contribution in [2.24, 2.45) is 0 Å². The first-order chi connectivity index (χ1) is 34.0. The first kappa shape index (κ1) is 47.7. The van der Waals surface area contributed by atoms with Gasteiger partial charge in [-0.3, -0.25) is 0 Å². The molecule has 0 saturated heterocycles. The van der Waals surface area contributed by atoms with Crippen LogP contribution in [-0.2, 0) is 27.1 Å². The average molecular weight is 941 g/mol. The van der Waals surface area contributed by atoms with Crippen LogP contribution in [0.3, 0.4) is 0 Å². The lowest BCUT2D eigenvalue weighted by Gasteiger charge is -2.48. The van der Waals surface area contributed by atoms with Gasteiger partial charge in [-0.15, -0.1) is 0 Å². The maximum atomic E-state index is 2.70. The Kier molecular flexibility index (Phi) is 11.1. The number of fused-ring (bicyclic) bond motifs is 5. The van der Waals surface area contributed by atoms with E-state index >= 15 is 0 Å². The van der Waals surface area contributed by atoms with Crippen molar-refractivity contribution in [2.75, 3.05) is 9.80 Å². The topological polar surface area (TPSA) is 6.48 Å². The van der Waals surface area contributed by atoms with Gasteiger partial charge in [-0.2, -0.15) is 0 Å². The summed E-state index contributed by atoms with van der Waals surface area (Å²) in [5.41, 5.74) is 27.0. The summed E-state index contributed by atoms with van der Waals surface area (Å²) >= 11 is 0. The minimum atomic E-state index is -0.0770. The number of aryl methyl sites for hydroxylation is 1. The zero-order chi connectivity index (χ0) is 50.9. The summed E-state index contributed by atoms with van der Waals surface area (Å²) in [4.78, 5) is 5.32. The Balaban J connectivity index is 1.27. The summed E-state index contributed by atoms with van der Waals surface area (Å²) in [6, 6.07) is 63.6. The van der Waals surface area contributed by atoms with Crippen molar-refractivity contribution in [3.05, 3.63) is 197 Å². The van der Waals surface area contributed by atoms with Gasteiger partial charge >= 0.3 is 0 Å². The van der Waals surface area contributed by atoms with Crippen LogP contribution in [0.1, 0.15) is 136 Å². The van der Waals surface area contributed by atoms with Crippen LogP contribution in [0.4, 0.5) is 34.1 Å². The summed E-state index contributed by atoms with van der Waals surface area (Å²) in [6.07, 6.45) is 2.31. The molecule has 8 aromatic rings. The fraction of sp³-hybridized carbons (Fsp3) is 0.304. The van der Waals surface area contributed by atoms with E-state index in [-0.39, 0.29) is 33.8 Å². The predicted molar refractivity (Wildman–Crippen MR) is 313 cm³/mol. The van der Waals surface area contributed by atoms with E-state index < -0.39 is 0 Å². The molecule has 2 aliphatic heterocycles. The lowest BCUT2D eigenvalue weighted by atomic mass is 9.33. The van der Waals surface area contributed by atoms with Crippen LogP contribution >= 0.6 is 0 Å². The number of anilines is 6. The van der Waals surface area contributed by atoms with Crippen LogP contribution in [0.5, 0.6) is 0 Å². The van der Waals surface area contributed by atoms with Crippen LogP contribution in [-0.4, -0.2) is 6.71 Å². The molecular weight excluding hydrogens is 868 g/mol. The van der Waals surface area contributed by atoms with Crippen LogP contribution in [0.2, 0.25) is 0 Å². The lowest BCUT2D eigenvalue weighted by molar-refractivity contribution is 0.332. The lowest BCUT2D eigenvalue weighted by Crippen LogP contribution is -2.62. The highest BCUT2D eigenvalue weighted by atomic mass is 15.2. The van der Waals surface area contributed by atoms with E-state index in [0.717, 1.165) is 12.8 Å². The molecule has 1 aliphatic carbocycles. The molecule has 3 heteroatoms. The highest BCUT2D eigenvalue weighted by Crippen LogP contribution is 2.53. The summed E-state index contributed by atoms with van der Waals surface area (Å²) in [6.45, 7) is 33.3. The van der Waals surface area contributed by atoms with Crippen molar-refractivity contribution in [2.45, 2.75) is 137 Å². The average Bonchev–Trinajstić information content (AvgIpc) is 3.34. The highest BCUT2D eigenvalue weighted by molar-refractivity contribution is 7.00. The molecule has 0 amide bonds. The van der Waals surface area contributed by atoms with Crippen molar-refractivity contribution in [3.63, 3.8) is 0 Å². The van der Waals surface area contributed by atoms with Gasteiger partial charge in [0, 0.05) is 34.0 Å². The third kappa shape index (κ3) is 8.12. The van der Waals surface area contributed by atoms with Crippen molar-refractivity contribution in [1.29, 1.82) is 0 Å². The second-order valence-corrected chi connectivity index (χ2v) is 25.9. The van der Waals surface area contributed by atoms with Crippen molar-refractivity contribution in [3.8, 4) is 33.4 Å². The fourth-order valence-electron chi connectivity index (χ4n) is 12.1. The molecule has 0 aromatic heterocycles. The quantitative estimate of drug-likeness (QED) is 0.159. The van der Waals surface area contributed by atoms with E-state index in [2.05, 4.69) is 271 Å². The molecule has 72 heavy (non-hydrogen) atoms. The summed E-state index contributed by atoms with van der Waals surface area (Å²) in [5.74, 6) is 0. The summed E-state index contributed by atoms with van der Waals surface area (Å²) in [5, 5.41) is 0. The van der Waals surface area contributed by atoms with Crippen LogP contribution in [0, 0.1) is 6.92 Å². The summed E-state index contributed by atoms with van der Waals surface area (Å²) < 4.78 is 0. The van der Waals surface area contributed by atoms with E-state index in [1.54, 1.807) is 0 Å². The van der Waals surface area contributed by atoms with Gasteiger partial charge in [-0.05, 0) is 191 Å². The van der Waals surface area contributed by atoms with E-state index in [4.69, 9.17) is 0 Å². The van der Waals surface area contributed by atoms with Gasteiger partial charge in [0.05, 0.1) is 5.69 Å². The zero-order valence-electron chi connectivity index (χ0n) is 45.5. The molecule has 0 unspecified atom stereocenters. The third-order valence-electron chi connectivity index (χ3n) is 16.6. The molecule has 2 heterocycles. The first-order valence-corrected chi connectivity index (χ1v) is 26.6. The van der Waals surface area contributed by atoms with Crippen molar-refractivity contribution < 1.29 is 0 Å². The van der Waals surface area contributed by atoms with Gasteiger partial charge in [0.2, 0.25) is 0 Å². The SMILES string of the molecule is Cc1cc2c3c(c1)N(c1ccc(C(C)(C)C)cc1-c1cc(-c4ccccc4)cc(-c4ccccc4)c1)c1cc4c(cc1B3c1ccc(C(C)(C)C)cc1N2c1cccc(C(C)(C)C)c1)C(C)(C)CCC4(C)C. The van der Waals surface area contributed by atoms with Crippen LogP contribution < -0.4 is 26.2 Å². The summed E-state index contributed by atoms with van der Waals surface area (Å²) in [7, 11) is 0. The fourth-order valence-corrected chi connectivity index (χ4v) is 12.1. The Morgan fingerprint density at radius 1 is 0.389 bits per heavy atom. The standard InChI is InChI=1S/C69H73BN2/c1-44-34-62-64-63(35-44)72(59-31-29-51(66(5,6)7)40-54(59)49-37-47(45-22-17-15-18-23-45)36-48(38-49)46-24-19-16-20-25-46)61-43-56-55(68(11,12)32-33-69(56,13)14)42-58(61)70(64)57-30-28-52(67(8,9)10)41-60(57)71(62)53-27-21-26-50(39-53)65(2,3)4/h15-31,34-43H,32-33H2,1-14H3. The number of rotatable bonds is 5. The first-order valence-electron chi connectivity index (χ1n) is 26.6. The number of hydrogen-bond acceptors (Lipinski definition) is 2. The highest BCUT2D eigenvalue weighted by Gasteiger charge is 2.47. The zero-order valence-corrected chi connectivity index (χ0v) is 45.5. The van der Waals surface area contributed by atoms with Gasteiger partial charge in [0.1, 0.15) is 0 Å². The van der Waals surface area contributed by atoms with Gasteiger partial charge in [0.25, 0.3) is 6.71 Å². The molecule has 11 rings (SSSR count). The molecule has 0 spiro atoms. The molecule has 0 bridgehead atoms. The molecule has 3 aliphatic rings. The van der Waals surface area contributed by atoms with E-state index in [1.807, 2.05) is 0 Å². The molecule has 0 atom stereocenters. The minimum Gasteiger partial charge on any atom is -0.311 e. The van der Waals surface area contributed by atoms with E-state index in [0.29, 0.717) is 0 Å². The van der Waals surface area contributed by atoms with E-state index in [9.17, 15) is 0 Å². The number of nitrogens with zero attached hydrogens (tertiary/aromatic N) is 2. The molecule has 0 N–H and O–H groups in total. The van der Waals surface area contributed by atoms with Crippen molar-refractivity contribution in [1.82, 2.24) is 0 Å². The Hall–Kier alpha value is -6.58. The molecule has 0 fully saturated rings. The number of hydrogen-bond donors (Lipinski definition) is 0. The third-order valence-corrected chi connectivity index (χ3v) is 16.6. The molecule has 0 saturated carbocycles.